The van der Waals surface area contributed by atoms with Crippen molar-refractivity contribution >= 4 is 34.3 Å². The number of benzene rings is 3. The molecular weight excluding hydrogens is 522 g/mol. The van der Waals surface area contributed by atoms with E-state index in [1.807, 2.05) is 6.07 Å². The standard InChI is InChI=1S/C27H22ClN7O4/c28-19-7-9-22(35-15-30-33-34-35)17(12-19)10-11-29-27(39)25(16-4-2-1-3-5-16)32-26(38)18-6-8-21-20(13-18)23(36)14-24(37)31-21/h1-9,12-15,25H,10-11H2,(H,29,39)(H,32,38)(H2,31,36,37). The normalized spacial score (nSPS) is 11.7. The first-order valence-corrected chi connectivity index (χ1v) is 12.3. The Morgan fingerprint density at radius 1 is 1.05 bits per heavy atom. The van der Waals surface area contributed by atoms with Gasteiger partial charge in [0.2, 0.25) is 5.91 Å². The zero-order chi connectivity index (χ0) is 27.4. The Kier molecular flexibility index (Phi) is 7.32. The fourth-order valence-corrected chi connectivity index (χ4v) is 4.40. The predicted octanol–water partition coefficient (Wildman–Crippen LogP) is 2.69. The van der Waals surface area contributed by atoms with Gasteiger partial charge >= 0.3 is 0 Å². The number of carbonyl (C=O) groups is 2. The van der Waals surface area contributed by atoms with Gasteiger partial charge in [0.25, 0.3) is 11.5 Å². The van der Waals surface area contributed by atoms with E-state index in [1.165, 1.54) is 29.2 Å². The quantitative estimate of drug-likeness (QED) is 0.234. The highest BCUT2D eigenvalue weighted by molar-refractivity contribution is 6.30. The maximum absolute atomic E-state index is 13.3. The summed E-state index contributed by atoms with van der Waals surface area (Å²) in [6.07, 6.45) is 1.90. The molecule has 1 unspecified atom stereocenters. The van der Waals surface area contributed by atoms with Gasteiger partial charge in [0.05, 0.1) is 11.2 Å². The van der Waals surface area contributed by atoms with E-state index < -0.39 is 23.4 Å². The van der Waals surface area contributed by atoms with Crippen molar-refractivity contribution in [3.63, 3.8) is 0 Å². The van der Waals surface area contributed by atoms with Crippen molar-refractivity contribution in [3.8, 4) is 11.4 Å². The number of H-pyrrole nitrogens is 1. The smallest absolute Gasteiger partial charge is 0.252 e. The summed E-state index contributed by atoms with van der Waals surface area (Å²) in [7, 11) is 0. The Bertz CT molecular complexity index is 1710. The Balaban J connectivity index is 1.33. The minimum atomic E-state index is -0.989. The van der Waals surface area contributed by atoms with Crippen molar-refractivity contribution in [2.24, 2.45) is 0 Å². The number of hydrogen-bond acceptors (Lipinski definition) is 7. The zero-order valence-electron chi connectivity index (χ0n) is 20.3. The molecule has 39 heavy (non-hydrogen) atoms. The lowest BCUT2D eigenvalue weighted by atomic mass is 10.0. The van der Waals surface area contributed by atoms with Crippen LogP contribution in [-0.4, -0.2) is 48.7 Å². The molecule has 0 radical (unpaired) electrons. The molecule has 0 aliphatic heterocycles. The van der Waals surface area contributed by atoms with E-state index in [0.29, 0.717) is 27.9 Å². The molecule has 0 fully saturated rings. The molecule has 196 valence electrons. The molecule has 2 amide bonds. The molecule has 5 rings (SSSR count). The highest BCUT2D eigenvalue weighted by Crippen LogP contribution is 2.23. The number of carbonyl (C=O) groups excluding carboxylic acids is 2. The monoisotopic (exact) mass is 543 g/mol. The Morgan fingerprint density at radius 2 is 1.87 bits per heavy atom. The summed E-state index contributed by atoms with van der Waals surface area (Å²) in [5.74, 6) is -1.18. The van der Waals surface area contributed by atoms with Gasteiger partial charge in [0.1, 0.15) is 18.1 Å². The number of fused-ring (bicyclic) bond motifs is 1. The van der Waals surface area contributed by atoms with Gasteiger partial charge in [-0.1, -0.05) is 41.9 Å². The van der Waals surface area contributed by atoms with Crippen LogP contribution in [0.5, 0.6) is 5.75 Å². The summed E-state index contributed by atoms with van der Waals surface area (Å²) < 4.78 is 1.51. The maximum Gasteiger partial charge on any atom is 0.252 e. The van der Waals surface area contributed by atoms with Crippen molar-refractivity contribution < 1.29 is 14.7 Å². The second-order valence-corrected chi connectivity index (χ2v) is 9.10. The van der Waals surface area contributed by atoms with Crippen LogP contribution in [0.2, 0.25) is 5.02 Å². The van der Waals surface area contributed by atoms with Gasteiger partial charge in [-0.3, -0.25) is 14.4 Å². The molecule has 0 aliphatic rings. The number of nitrogens with zero attached hydrogens (tertiary/aromatic N) is 4. The van der Waals surface area contributed by atoms with Crippen LogP contribution in [0.4, 0.5) is 0 Å². The van der Waals surface area contributed by atoms with Crippen molar-refractivity contribution in [3.05, 3.63) is 111 Å². The molecule has 0 spiro atoms. The molecule has 2 aromatic heterocycles. The number of amides is 2. The molecule has 4 N–H and O–H groups in total. The zero-order valence-corrected chi connectivity index (χ0v) is 21.1. The van der Waals surface area contributed by atoms with E-state index in [1.54, 1.807) is 42.5 Å². The lowest BCUT2D eigenvalue weighted by Gasteiger charge is -2.19. The van der Waals surface area contributed by atoms with Crippen LogP contribution in [0.3, 0.4) is 0 Å². The van der Waals surface area contributed by atoms with Gasteiger partial charge in [0.15, 0.2) is 0 Å². The minimum absolute atomic E-state index is 0.212. The molecule has 5 aromatic rings. The third-order valence-corrected chi connectivity index (χ3v) is 6.32. The third kappa shape index (κ3) is 5.78. The molecule has 1 atom stereocenters. The Labute approximate surface area is 226 Å². The predicted molar refractivity (Wildman–Crippen MR) is 144 cm³/mol. The summed E-state index contributed by atoms with van der Waals surface area (Å²) in [5, 5.41) is 27.9. The van der Waals surface area contributed by atoms with Crippen molar-refractivity contribution in [2.75, 3.05) is 6.54 Å². The number of rotatable bonds is 8. The number of hydrogen-bond donors (Lipinski definition) is 4. The molecule has 0 saturated carbocycles. The van der Waals surface area contributed by atoms with Crippen molar-refractivity contribution in [1.82, 2.24) is 35.8 Å². The molecule has 0 bridgehead atoms. The molecule has 0 saturated heterocycles. The van der Waals surface area contributed by atoms with Crippen LogP contribution in [-0.2, 0) is 11.2 Å². The minimum Gasteiger partial charge on any atom is -0.507 e. The summed E-state index contributed by atoms with van der Waals surface area (Å²) in [6, 6.07) is 18.7. The summed E-state index contributed by atoms with van der Waals surface area (Å²) in [6.45, 7) is 0.255. The molecule has 12 heteroatoms. The second-order valence-electron chi connectivity index (χ2n) is 8.66. The van der Waals surface area contributed by atoms with Gasteiger partial charge < -0.3 is 20.7 Å². The van der Waals surface area contributed by atoms with Gasteiger partial charge in [-0.25, -0.2) is 4.68 Å². The Hall–Kier alpha value is -5.03. The molecule has 3 aromatic carbocycles. The van der Waals surface area contributed by atoms with E-state index in [4.69, 9.17) is 11.6 Å². The average Bonchev–Trinajstić information content (AvgIpc) is 3.47. The van der Waals surface area contributed by atoms with Crippen LogP contribution >= 0.6 is 11.6 Å². The molecule has 0 aliphatic carbocycles. The maximum atomic E-state index is 13.3. The second kappa shape index (κ2) is 11.2. The van der Waals surface area contributed by atoms with Crippen LogP contribution in [0.25, 0.3) is 16.6 Å². The van der Waals surface area contributed by atoms with Crippen LogP contribution < -0.4 is 16.2 Å². The van der Waals surface area contributed by atoms with E-state index in [2.05, 4.69) is 31.1 Å². The first-order chi connectivity index (χ1) is 18.9. The largest absolute Gasteiger partial charge is 0.507 e. The SMILES string of the molecule is O=C(NC(C(=O)NCCc1cc(Cl)ccc1-n1cnnn1)c1ccccc1)c1ccc2[nH]c(=O)cc(O)c2c1. The van der Waals surface area contributed by atoms with E-state index in [9.17, 15) is 19.5 Å². The van der Waals surface area contributed by atoms with Gasteiger partial charge in [-0.15, -0.1) is 5.10 Å². The van der Waals surface area contributed by atoms with Crippen LogP contribution in [0.15, 0.2) is 83.9 Å². The van der Waals surface area contributed by atoms with Crippen molar-refractivity contribution in [2.45, 2.75) is 12.5 Å². The number of nitrogens with one attached hydrogen (secondary N) is 3. The highest BCUT2D eigenvalue weighted by atomic mass is 35.5. The fraction of sp³-hybridized carbons (Fsp3) is 0.111. The molecule has 2 heterocycles. The number of aromatic nitrogens is 5. The van der Waals surface area contributed by atoms with E-state index in [-0.39, 0.29) is 17.9 Å². The number of aromatic hydroxyl groups is 1. The van der Waals surface area contributed by atoms with E-state index in [0.717, 1.165) is 17.3 Å². The van der Waals surface area contributed by atoms with Gasteiger partial charge in [0, 0.05) is 28.6 Å². The summed E-state index contributed by atoms with van der Waals surface area (Å²) in [5.41, 5.74) is 2.28. The van der Waals surface area contributed by atoms with Crippen LogP contribution in [0, 0.1) is 0 Å². The number of tetrazole rings is 1. The van der Waals surface area contributed by atoms with Crippen LogP contribution in [0.1, 0.15) is 27.5 Å². The van der Waals surface area contributed by atoms with Crippen molar-refractivity contribution in [1.29, 1.82) is 0 Å². The third-order valence-electron chi connectivity index (χ3n) is 6.08. The first-order valence-electron chi connectivity index (χ1n) is 11.9. The van der Waals surface area contributed by atoms with Gasteiger partial charge in [-0.2, -0.15) is 0 Å². The lowest BCUT2D eigenvalue weighted by Crippen LogP contribution is -2.41. The molecular formula is C27H22ClN7O4. The number of aromatic amines is 1. The van der Waals surface area contributed by atoms with E-state index >= 15 is 0 Å². The fourth-order valence-electron chi connectivity index (χ4n) is 4.21. The Morgan fingerprint density at radius 3 is 2.64 bits per heavy atom. The first kappa shape index (κ1) is 25.6. The summed E-state index contributed by atoms with van der Waals surface area (Å²) >= 11 is 6.19. The lowest BCUT2D eigenvalue weighted by molar-refractivity contribution is -0.123. The highest BCUT2D eigenvalue weighted by Gasteiger charge is 2.23. The number of pyridine rings is 1. The average molecular weight is 544 g/mol. The van der Waals surface area contributed by atoms with Gasteiger partial charge in [-0.05, 0) is 64.4 Å². The molecule has 11 nitrogen and oxygen atoms in total. The topological polar surface area (TPSA) is 155 Å². The summed E-state index contributed by atoms with van der Waals surface area (Å²) in [4.78, 5) is 40.7. The number of halogens is 1.